The Balaban J connectivity index is 1.45. The largest absolute Gasteiger partial charge is 0.493 e. The van der Waals surface area contributed by atoms with Crippen LogP contribution in [0.3, 0.4) is 0 Å². The number of aromatic nitrogens is 1. The zero-order chi connectivity index (χ0) is 17.1. The van der Waals surface area contributed by atoms with Crippen LogP contribution < -0.4 is 9.47 Å². The molecule has 2 aromatic carbocycles. The van der Waals surface area contributed by atoms with Gasteiger partial charge in [0.2, 0.25) is 5.88 Å². The van der Waals surface area contributed by atoms with Gasteiger partial charge < -0.3 is 14.3 Å². The van der Waals surface area contributed by atoms with Crippen molar-refractivity contribution in [1.82, 2.24) is 4.98 Å². The number of hydrogen-bond acceptors (Lipinski definition) is 4. The van der Waals surface area contributed by atoms with Crippen molar-refractivity contribution in [2.45, 2.75) is 19.3 Å². The molecule has 4 nitrogen and oxygen atoms in total. The first-order chi connectivity index (χ1) is 12.3. The Morgan fingerprint density at radius 1 is 1.00 bits per heavy atom. The van der Waals surface area contributed by atoms with Crippen molar-refractivity contribution >= 4 is 17.2 Å². The van der Waals surface area contributed by atoms with Crippen LogP contribution in [0.15, 0.2) is 54.6 Å². The summed E-state index contributed by atoms with van der Waals surface area (Å²) >= 11 is 0. The maximum absolute atomic E-state index is 10.6. The second-order valence-corrected chi connectivity index (χ2v) is 6.38. The van der Waals surface area contributed by atoms with E-state index in [9.17, 15) is 4.79 Å². The third kappa shape index (κ3) is 3.97. The molecular formula is C21H19NO3. The van der Waals surface area contributed by atoms with E-state index in [1.54, 1.807) is 0 Å². The molecule has 4 heteroatoms. The normalized spacial score (nSPS) is 13.6. The molecule has 0 amide bonds. The smallest absolute Gasteiger partial charge is 0.219 e. The molecule has 0 spiro atoms. The molecular weight excluding hydrogens is 314 g/mol. The Kier molecular flexibility index (Phi) is 4.34. The summed E-state index contributed by atoms with van der Waals surface area (Å²) in [5.41, 5.74) is 1.83. The maximum Gasteiger partial charge on any atom is 0.219 e. The number of ether oxygens (including phenoxy) is 2. The first kappa shape index (κ1) is 15.6. The molecule has 0 saturated heterocycles. The van der Waals surface area contributed by atoms with Crippen LogP contribution in [-0.2, 0) is 11.2 Å². The van der Waals surface area contributed by atoms with E-state index < -0.39 is 0 Å². The van der Waals surface area contributed by atoms with Crippen molar-refractivity contribution in [3.05, 3.63) is 60.2 Å². The van der Waals surface area contributed by atoms with E-state index in [-0.39, 0.29) is 0 Å². The number of rotatable bonds is 7. The SMILES string of the molecule is O=CCc1ccc2nc(Oc3ccc(OCC4CC4)cc3)ccc2c1. The molecule has 1 fully saturated rings. The van der Waals surface area contributed by atoms with Crippen molar-refractivity contribution in [1.29, 1.82) is 0 Å². The summed E-state index contributed by atoms with van der Waals surface area (Å²) in [4.78, 5) is 15.1. The summed E-state index contributed by atoms with van der Waals surface area (Å²) in [5, 5.41) is 0.996. The third-order valence-corrected chi connectivity index (χ3v) is 4.28. The molecule has 0 atom stereocenters. The number of aldehydes is 1. The lowest BCUT2D eigenvalue weighted by molar-refractivity contribution is -0.107. The minimum Gasteiger partial charge on any atom is -0.493 e. The number of benzene rings is 2. The molecule has 0 radical (unpaired) electrons. The highest BCUT2D eigenvalue weighted by Crippen LogP contribution is 2.30. The van der Waals surface area contributed by atoms with Gasteiger partial charge >= 0.3 is 0 Å². The lowest BCUT2D eigenvalue weighted by atomic mass is 10.1. The van der Waals surface area contributed by atoms with E-state index in [1.165, 1.54) is 12.8 Å². The predicted octanol–water partition coefficient (Wildman–Crippen LogP) is 4.56. The molecule has 4 rings (SSSR count). The van der Waals surface area contributed by atoms with Gasteiger partial charge in [-0.1, -0.05) is 6.07 Å². The molecule has 0 N–H and O–H groups in total. The highest BCUT2D eigenvalue weighted by atomic mass is 16.5. The number of hydrogen-bond donors (Lipinski definition) is 0. The van der Waals surface area contributed by atoms with Gasteiger partial charge in [0.1, 0.15) is 17.8 Å². The Bertz CT molecular complexity index is 885. The number of pyridine rings is 1. The van der Waals surface area contributed by atoms with Crippen molar-refractivity contribution in [3.8, 4) is 17.4 Å². The van der Waals surface area contributed by atoms with Gasteiger partial charge in [0.15, 0.2) is 0 Å². The van der Waals surface area contributed by atoms with Gasteiger partial charge in [-0.05, 0) is 66.8 Å². The van der Waals surface area contributed by atoms with Crippen LogP contribution in [0.4, 0.5) is 0 Å². The molecule has 1 heterocycles. The van der Waals surface area contributed by atoms with Gasteiger partial charge in [-0.3, -0.25) is 0 Å². The van der Waals surface area contributed by atoms with Crippen LogP contribution in [0.1, 0.15) is 18.4 Å². The van der Waals surface area contributed by atoms with E-state index in [0.29, 0.717) is 12.3 Å². The molecule has 1 aromatic heterocycles. The summed E-state index contributed by atoms with van der Waals surface area (Å²) in [6, 6.07) is 17.2. The highest BCUT2D eigenvalue weighted by Gasteiger charge is 2.21. The maximum atomic E-state index is 10.6. The fourth-order valence-corrected chi connectivity index (χ4v) is 2.66. The van der Waals surface area contributed by atoms with Crippen molar-refractivity contribution in [2.24, 2.45) is 5.92 Å². The standard InChI is InChI=1S/C21H19NO3/c23-12-11-15-3-9-20-17(13-15)4-10-21(22-20)25-19-7-5-18(6-8-19)24-14-16-1-2-16/h3-10,12-13,16H,1-2,11,14H2. The van der Waals surface area contributed by atoms with Gasteiger partial charge in [0.25, 0.3) is 0 Å². The topological polar surface area (TPSA) is 48.4 Å². The summed E-state index contributed by atoms with van der Waals surface area (Å²) < 4.78 is 11.6. The van der Waals surface area contributed by atoms with Crippen LogP contribution >= 0.6 is 0 Å². The zero-order valence-corrected chi connectivity index (χ0v) is 13.9. The van der Waals surface area contributed by atoms with Gasteiger partial charge in [-0.2, -0.15) is 0 Å². The molecule has 3 aromatic rings. The van der Waals surface area contributed by atoms with Crippen LogP contribution in [0, 0.1) is 5.92 Å². The minimum absolute atomic E-state index is 0.420. The zero-order valence-electron chi connectivity index (χ0n) is 13.9. The molecule has 1 aliphatic carbocycles. The lowest BCUT2D eigenvalue weighted by Gasteiger charge is -2.08. The third-order valence-electron chi connectivity index (χ3n) is 4.28. The van der Waals surface area contributed by atoms with Crippen LogP contribution in [0.25, 0.3) is 10.9 Å². The fourth-order valence-electron chi connectivity index (χ4n) is 2.66. The summed E-state index contributed by atoms with van der Waals surface area (Å²) in [7, 11) is 0. The van der Waals surface area contributed by atoms with Crippen LogP contribution in [-0.4, -0.2) is 17.9 Å². The first-order valence-electron chi connectivity index (χ1n) is 8.54. The molecule has 25 heavy (non-hydrogen) atoms. The predicted molar refractivity (Wildman–Crippen MR) is 96.2 cm³/mol. The Hall–Kier alpha value is -2.88. The lowest BCUT2D eigenvalue weighted by Crippen LogP contribution is -1.98. The quantitative estimate of drug-likeness (QED) is 0.595. The van der Waals surface area contributed by atoms with Gasteiger partial charge in [-0.15, -0.1) is 0 Å². The van der Waals surface area contributed by atoms with Gasteiger partial charge in [0.05, 0.1) is 12.1 Å². The molecule has 1 saturated carbocycles. The number of carbonyl (C=O) groups excluding carboxylic acids is 1. The second kappa shape index (κ2) is 6.93. The monoisotopic (exact) mass is 333 g/mol. The highest BCUT2D eigenvalue weighted by molar-refractivity contribution is 5.80. The summed E-state index contributed by atoms with van der Waals surface area (Å²) in [5.74, 6) is 2.88. The molecule has 0 unspecified atom stereocenters. The number of fused-ring (bicyclic) bond motifs is 1. The summed E-state index contributed by atoms with van der Waals surface area (Å²) in [6.45, 7) is 0.804. The summed E-state index contributed by atoms with van der Waals surface area (Å²) in [6.07, 6.45) is 3.89. The van der Waals surface area contributed by atoms with E-state index in [4.69, 9.17) is 9.47 Å². The number of carbonyl (C=O) groups is 1. The Morgan fingerprint density at radius 3 is 2.56 bits per heavy atom. The van der Waals surface area contributed by atoms with Crippen LogP contribution in [0.2, 0.25) is 0 Å². The fraction of sp³-hybridized carbons (Fsp3) is 0.238. The van der Waals surface area contributed by atoms with Crippen molar-refractivity contribution in [3.63, 3.8) is 0 Å². The second-order valence-electron chi connectivity index (χ2n) is 6.38. The van der Waals surface area contributed by atoms with Crippen molar-refractivity contribution in [2.75, 3.05) is 6.61 Å². The molecule has 0 aliphatic heterocycles. The first-order valence-corrected chi connectivity index (χ1v) is 8.54. The molecule has 0 bridgehead atoms. The molecule has 126 valence electrons. The van der Waals surface area contributed by atoms with E-state index >= 15 is 0 Å². The average Bonchev–Trinajstić information content (AvgIpc) is 3.46. The van der Waals surface area contributed by atoms with Crippen LogP contribution in [0.5, 0.6) is 17.4 Å². The number of nitrogens with zero attached hydrogens (tertiary/aromatic N) is 1. The van der Waals surface area contributed by atoms with Crippen molar-refractivity contribution < 1.29 is 14.3 Å². The van der Waals surface area contributed by atoms with E-state index in [0.717, 1.165) is 46.8 Å². The Labute approximate surface area is 146 Å². The van der Waals surface area contributed by atoms with Gasteiger partial charge in [0, 0.05) is 17.9 Å². The van der Waals surface area contributed by atoms with E-state index in [1.807, 2.05) is 54.6 Å². The Morgan fingerprint density at radius 2 is 1.80 bits per heavy atom. The average molecular weight is 333 g/mol. The van der Waals surface area contributed by atoms with E-state index in [2.05, 4.69) is 4.98 Å². The van der Waals surface area contributed by atoms with Gasteiger partial charge in [-0.25, -0.2) is 4.98 Å². The minimum atomic E-state index is 0.420. The molecule has 1 aliphatic rings.